The molecule has 3 N–H and O–H groups in total. The zero-order valence-electron chi connectivity index (χ0n) is 11.5. The minimum Gasteiger partial charge on any atom is -0.489 e. The van der Waals surface area contributed by atoms with E-state index in [2.05, 4.69) is 5.32 Å². The Morgan fingerprint density at radius 3 is 3.05 bits per heavy atom. The average Bonchev–Trinajstić information content (AvgIpc) is 2.48. The molecule has 1 aromatic heterocycles. The van der Waals surface area contributed by atoms with Crippen molar-refractivity contribution < 1.29 is 14.3 Å². The standard InChI is InChI=1S/C14H15N3O4/c1-16-12(18)7-21-11-5-8-4-9(15)6-10-13(8)17(14(11)19)2-3-20-10/h4-6H,2-3,7,15H2,1H3,(H,16,18). The lowest BCUT2D eigenvalue weighted by molar-refractivity contribution is -0.122. The van der Waals surface area contributed by atoms with E-state index in [1.54, 1.807) is 22.8 Å². The first-order chi connectivity index (χ1) is 10.1. The fourth-order valence-corrected chi connectivity index (χ4v) is 2.38. The van der Waals surface area contributed by atoms with Gasteiger partial charge in [0, 0.05) is 24.2 Å². The van der Waals surface area contributed by atoms with Crippen LogP contribution in [0.4, 0.5) is 5.69 Å². The Kier molecular flexibility index (Phi) is 3.17. The molecule has 0 bridgehead atoms. The molecule has 7 heteroatoms. The van der Waals surface area contributed by atoms with Crippen LogP contribution in [0.2, 0.25) is 0 Å². The van der Waals surface area contributed by atoms with Crippen LogP contribution in [-0.4, -0.2) is 30.7 Å². The number of nitrogens with zero attached hydrogens (tertiary/aromatic N) is 1. The van der Waals surface area contributed by atoms with E-state index in [-0.39, 0.29) is 23.8 Å². The number of benzene rings is 1. The molecular weight excluding hydrogens is 274 g/mol. The van der Waals surface area contributed by atoms with Crippen LogP contribution < -0.4 is 26.1 Å². The molecule has 0 spiro atoms. The lowest BCUT2D eigenvalue weighted by Crippen LogP contribution is -2.31. The van der Waals surface area contributed by atoms with Crippen molar-refractivity contribution in [2.45, 2.75) is 6.54 Å². The fraction of sp³-hybridized carbons (Fsp3) is 0.286. The van der Waals surface area contributed by atoms with Gasteiger partial charge in [-0.15, -0.1) is 0 Å². The molecule has 1 amide bonds. The number of nitrogens with one attached hydrogen (secondary N) is 1. The van der Waals surface area contributed by atoms with Gasteiger partial charge >= 0.3 is 0 Å². The second-order valence-corrected chi connectivity index (χ2v) is 4.73. The van der Waals surface area contributed by atoms with Crippen molar-refractivity contribution in [2.75, 3.05) is 26.0 Å². The highest BCUT2D eigenvalue weighted by Gasteiger charge is 2.19. The third-order valence-electron chi connectivity index (χ3n) is 3.35. The van der Waals surface area contributed by atoms with Crippen molar-refractivity contribution in [3.8, 4) is 11.5 Å². The van der Waals surface area contributed by atoms with E-state index in [1.807, 2.05) is 0 Å². The zero-order valence-corrected chi connectivity index (χ0v) is 11.5. The lowest BCUT2D eigenvalue weighted by Gasteiger charge is -2.21. The van der Waals surface area contributed by atoms with E-state index < -0.39 is 0 Å². The first-order valence-electron chi connectivity index (χ1n) is 6.53. The van der Waals surface area contributed by atoms with E-state index in [9.17, 15) is 9.59 Å². The summed E-state index contributed by atoms with van der Waals surface area (Å²) in [5.41, 5.74) is 6.80. The summed E-state index contributed by atoms with van der Waals surface area (Å²) in [6.07, 6.45) is 0. The molecule has 21 heavy (non-hydrogen) atoms. The third-order valence-corrected chi connectivity index (χ3v) is 3.35. The second kappa shape index (κ2) is 5.01. The SMILES string of the molecule is CNC(=O)COc1cc2cc(N)cc3c2n(c1=O)CCO3. The first kappa shape index (κ1) is 13.3. The Balaban J connectivity index is 2.13. The van der Waals surface area contributed by atoms with Gasteiger partial charge in [-0.3, -0.25) is 14.2 Å². The van der Waals surface area contributed by atoms with E-state index in [4.69, 9.17) is 15.2 Å². The quantitative estimate of drug-likeness (QED) is 0.781. The smallest absolute Gasteiger partial charge is 0.293 e. The molecule has 1 aliphatic heterocycles. The number of amides is 1. The maximum absolute atomic E-state index is 12.4. The summed E-state index contributed by atoms with van der Waals surface area (Å²) in [5.74, 6) is 0.417. The minimum atomic E-state index is -0.301. The second-order valence-electron chi connectivity index (χ2n) is 4.73. The van der Waals surface area contributed by atoms with Crippen LogP contribution in [0.3, 0.4) is 0 Å². The fourth-order valence-electron chi connectivity index (χ4n) is 2.38. The third kappa shape index (κ3) is 2.26. The molecule has 2 aromatic rings. The largest absolute Gasteiger partial charge is 0.489 e. The molecule has 1 aromatic carbocycles. The van der Waals surface area contributed by atoms with Gasteiger partial charge < -0.3 is 20.5 Å². The number of ether oxygens (including phenoxy) is 2. The predicted octanol–water partition coefficient (Wildman–Crippen LogP) is 0.101. The van der Waals surface area contributed by atoms with E-state index in [0.717, 1.165) is 5.39 Å². The molecule has 0 atom stereocenters. The van der Waals surface area contributed by atoms with Gasteiger partial charge in [-0.05, 0) is 12.1 Å². The Morgan fingerprint density at radius 1 is 1.48 bits per heavy atom. The van der Waals surface area contributed by atoms with Gasteiger partial charge in [0.25, 0.3) is 11.5 Å². The van der Waals surface area contributed by atoms with Gasteiger partial charge in [0.05, 0.1) is 12.1 Å². The first-order valence-corrected chi connectivity index (χ1v) is 6.53. The maximum atomic E-state index is 12.4. The van der Waals surface area contributed by atoms with Crippen LogP contribution in [0, 0.1) is 0 Å². The van der Waals surface area contributed by atoms with Crippen molar-refractivity contribution in [2.24, 2.45) is 0 Å². The molecule has 2 heterocycles. The molecule has 0 saturated heterocycles. The number of hydrogen-bond donors (Lipinski definition) is 2. The van der Waals surface area contributed by atoms with Gasteiger partial charge in [0.2, 0.25) is 0 Å². The number of nitrogen functional groups attached to an aromatic ring is 1. The Bertz CT molecular complexity index is 782. The van der Waals surface area contributed by atoms with E-state index in [1.165, 1.54) is 7.05 Å². The summed E-state index contributed by atoms with van der Waals surface area (Å²) in [4.78, 5) is 23.7. The van der Waals surface area contributed by atoms with Gasteiger partial charge in [-0.2, -0.15) is 0 Å². The molecular formula is C14H15N3O4. The summed E-state index contributed by atoms with van der Waals surface area (Å²) >= 11 is 0. The van der Waals surface area contributed by atoms with Crippen LogP contribution in [0.1, 0.15) is 0 Å². The van der Waals surface area contributed by atoms with Crippen LogP contribution in [-0.2, 0) is 11.3 Å². The van der Waals surface area contributed by atoms with E-state index >= 15 is 0 Å². The van der Waals surface area contributed by atoms with Crippen LogP contribution in [0.15, 0.2) is 23.0 Å². The van der Waals surface area contributed by atoms with Crippen molar-refractivity contribution in [3.63, 3.8) is 0 Å². The number of anilines is 1. The Morgan fingerprint density at radius 2 is 2.29 bits per heavy atom. The van der Waals surface area contributed by atoms with Crippen LogP contribution in [0.25, 0.3) is 10.9 Å². The van der Waals surface area contributed by atoms with E-state index in [0.29, 0.717) is 30.1 Å². The predicted molar refractivity (Wildman–Crippen MR) is 77.7 cm³/mol. The van der Waals surface area contributed by atoms with Gasteiger partial charge in [0.1, 0.15) is 12.4 Å². The molecule has 0 aliphatic carbocycles. The summed E-state index contributed by atoms with van der Waals surface area (Å²) in [7, 11) is 1.51. The highest BCUT2D eigenvalue weighted by molar-refractivity contribution is 5.89. The molecule has 1 aliphatic rings. The number of carbonyl (C=O) groups excluding carboxylic acids is 1. The molecule has 0 radical (unpaired) electrons. The number of rotatable bonds is 3. The number of aromatic nitrogens is 1. The number of hydrogen-bond acceptors (Lipinski definition) is 5. The summed E-state index contributed by atoms with van der Waals surface area (Å²) < 4.78 is 12.4. The van der Waals surface area contributed by atoms with Crippen LogP contribution >= 0.6 is 0 Å². The van der Waals surface area contributed by atoms with Gasteiger partial charge in [-0.1, -0.05) is 0 Å². The Labute approximate surface area is 120 Å². The monoisotopic (exact) mass is 289 g/mol. The highest BCUT2D eigenvalue weighted by Crippen LogP contribution is 2.31. The molecule has 110 valence electrons. The zero-order chi connectivity index (χ0) is 15.0. The summed E-state index contributed by atoms with van der Waals surface area (Å²) in [5, 5.41) is 3.18. The van der Waals surface area contributed by atoms with Crippen molar-refractivity contribution in [1.29, 1.82) is 0 Å². The van der Waals surface area contributed by atoms with Gasteiger partial charge in [-0.25, -0.2) is 0 Å². The summed E-state index contributed by atoms with van der Waals surface area (Å²) in [6.45, 7) is 0.622. The number of nitrogens with two attached hydrogens (primary N) is 1. The molecule has 0 saturated carbocycles. The molecule has 3 rings (SSSR count). The molecule has 0 unspecified atom stereocenters. The average molecular weight is 289 g/mol. The number of carbonyl (C=O) groups is 1. The van der Waals surface area contributed by atoms with Crippen LogP contribution in [0.5, 0.6) is 11.5 Å². The topological polar surface area (TPSA) is 95.6 Å². The number of pyridine rings is 1. The highest BCUT2D eigenvalue weighted by atomic mass is 16.5. The number of likely N-dealkylation sites (N-methyl/N-ethyl adjacent to an activating group) is 1. The summed E-state index contributed by atoms with van der Waals surface area (Å²) in [6, 6.07) is 5.03. The normalized spacial score (nSPS) is 12.8. The lowest BCUT2D eigenvalue weighted by atomic mass is 10.1. The van der Waals surface area contributed by atoms with Crippen molar-refractivity contribution >= 4 is 22.5 Å². The Hall–Kier alpha value is -2.70. The van der Waals surface area contributed by atoms with Crippen molar-refractivity contribution in [1.82, 2.24) is 9.88 Å². The van der Waals surface area contributed by atoms with Crippen molar-refractivity contribution in [3.05, 3.63) is 28.6 Å². The van der Waals surface area contributed by atoms with Gasteiger partial charge in [0.15, 0.2) is 12.4 Å². The minimum absolute atomic E-state index is 0.129. The molecule has 7 nitrogen and oxygen atoms in total. The maximum Gasteiger partial charge on any atom is 0.293 e. The molecule has 0 fully saturated rings.